The van der Waals surface area contributed by atoms with Crippen LogP contribution < -0.4 is 0 Å². The van der Waals surface area contributed by atoms with Crippen molar-refractivity contribution in [2.45, 2.75) is 65.2 Å². The largest absolute Gasteiger partial charge is 2.00 e. The molecule has 6 nitrogen and oxygen atoms in total. The van der Waals surface area contributed by atoms with E-state index in [0.29, 0.717) is 0 Å². The maximum atomic E-state index is 4.78. The second-order valence-corrected chi connectivity index (χ2v) is 10.1. The number of hydrogen-bond acceptors (Lipinski definition) is 4. The third kappa shape index (κ3) is 6.05. The van der Waals surface area contributed by atoms with Crippen molar-refractivity contribution in [1.29, 1.82) is 0 Å². The van der Waals surface area contributed by atoms with E-state index in [0.717, 1.165) is 47.3 Å². The number of aryl methyl sites for hydroxylation is 2. The summed E-state index contributed by atoms with van der Waals surface area (Å²) in [5.74, 6) is 1.56. The summed E-state index contributed by atoms with van der Waals surface area (Å²) < 4.78 is 3.45. The Kier molecular flexibility index (Phi) is 7.38. The van der Waals surface area contributed by atoms with Gasteiger partial charge in [-0.1, -0.05) is 78.2 Å². The molecule has 33 heavy (non-hydrogen) atoms. The molecule has 0 fully saturated rings. The molecule has 0 aliphatic carbocycles. The van der Waals surface area contributed by atoms with Crippen molar-refractivity contribution in [1.82, 2.24) is 29.5 Å². The smallest absolute Gasteiger partial charge is 0.343 e. The van der Waals surface area contributed by atoms with Gasteiger partial charge in [-0.2, -0.15) is 0 Å². The molecule has 0 atom stereocenters. The first-order valence-electron chi connectivity index (χ1n) is 11.0. The fourth-order valence-corrected chi connectivity index (χ4v) is 3.25. The van der Waals surface area contributed by atoms with E-state index in [4.69, 9.17) is 9.97 Å². The van der Waals surface area contributed by atoms with Crippen LogP contribution in [0.1, 0.15) is 64.3 Å². The second-order valence-electron chi connectivity index (χ2n) is 10.1. The van der Waals surface area contributed by atoms with E-state index in [1.165, 1.54) is 0 Å². The Labute approximate surface area is 210 Å². The molecule has 4 rings (SSSR count). The van der Waals surface area contributed by atoms with E-state index in [-0.39, 0.29) is 31.9 Å². The molecule has 0 unspecified atom stereocenters. The van der Waals surface area contributed by atoms with E-state index in [1.54, 1.807) is 9.36 Å². The fourth-order valence-electron chi connectivity index (χ4n) is 3.25. The minimum absolute atomic E-state index is 0. The van der Waals surface area contributed by atoms with Crippen molar-refractivity contribution in [2.24, 2.45) is 0 Å². The summed E-state index contributed by atoms with van der Waals surface area (Å²) in [6.45, 7) is 12.9. The van der Waals surface area contributed by atoms with Gasteiger partial charge >= 0.3 is 21.1 Å². The van der Waals surface area contributed by atoms with Crippen molar-refractivity contribution < 1.29 is 21.1 Å². The second kappa shape index (κ2) is 9.72. The summed E-state index contributed by atoms with van der Waals surface area (Å²) in [6, 6.07) is 15.9. The zero-order valence-electron chi connectivity index (χ0n) is 20.0. The first-order chi connectivity index (χ1) is 15.1. The van der Waals surface area contributed by atoms with Gasteiger partial charge in [0, 0.05) is 11.4 Å². The molecule has 4 aromatic rings. The van der Waals surface area contributed by atoms with Gasteiger partial charge in [0.05, 0.1) is 11.6 Å². The average Bonchev–Trinajstić information content (AvgIpc) is 3.42. The minimum Gasteiger partial charge on any atom is -0.343 e. The van der Waals surface area contributed by atoms with Gasteiger partial charge in [0.15, 0.2) is 0 Å². The molecular weight excluding hydrogens is 591 g/mol. The van der Waals surface area contributed by atoms with Crippen LogP contribution in [-0.2, 0) is 44.7 Å². The van der Waals surface area contributed by atoms with Gasteiger partial charge in [-0.15, -0.1) is 12.1 Å². The number of nitrogens with zero attached hydrogens (tertiary/aromatic N) is 6. The van der Waals surface area contributed by atoms with Crippen LogP contribution in [0.4, 0.5) is 0 Å². The molecule has 0 aromatic carbocycles. The average molecular weight is 622 g/mol. The molecule has 7 heteroatoms. The Balaban J connectivity index is 0.00000306. The maximum absolute atomic E-state index is 4.78. The summed E-state index contributed by atoms with van der Waals surface area (Å²) in [7, 11) is 0. The predicted molar refractivity (Wildman–Crippen MR) is 125 cm³/mol. The Hall–Kier alpha value is -2.59. The molecule has 0 radical (unpaired) electrons. The molecule has 0 N–H and O–H groups in total. The molecule has 0 aliphatic heterocycles. The normalized spacial score (nSPS) is 11.9. The van der Waals surface area contributed by atoms with E-state index in [9.17, 15) is 0 Å². The van der Waals surface area contributed by atoms with Crippen LogP contribution in [-0.4, -0.2) is 29.5 Å². The van der Waals surface area contributed by atoms with Crippen LogP contribution in [0.15, 0.2) is 48.5 Å². The summed E-state index contributed by atoms with van der Waals surface area (Å²) in [4.78, 5) is 9.56. The van der Waals surface area contributed by atoms with Gasteiger partial charge in [0.25, 0.3) is 0 Å². The molecule has 0 saturated carbocycles. The predicted octanol–water partition coefficient (Wildman–Crippen LogP) is 4.83. The fraction of sp³-hybridized carbons (Fsp3) is 0.385. The molecule has 0 saturated heterocycles. The van der Waals surface area contributed by atoms with Crippen LogP contribution in [0.3, 0.4) is 0 Å². The van der Waals surface area contributed by atoms with E-state index < -0.39 is 0 Å². The van der Waals surface area contributed by atoms with Gasteiger partial charge in [-0.25, -0.2) is 0 Å². The maximum Gasteiger partial charge on any atom is 2.00 e. The molecule has 0 spiro atoms. The zero-order valence-corrected chi connectivity index (χ0v) is 22.3. The SMILES string of the molecule is CC(C)(C)c1c[c-]n(-c2cccc(CCc3cccc(-n4[c-]cc(C(C)(C)C)n4)n3)n2)n1.[Pt+2]. The number of aromatic nitrogens is 6. The standard InChI is InChI=1S/C26H30N6.Pt/c1-25(2,3)21-15-17-31(29-21)23-11-7-9-19(27-23)13-14-20-10-8-12-24(28-20)32-18-16-22(30-32)26(4,5)6;/h7-12,15-16H,13-14H2,1-6H3;/q-2;+2. The first kappa shape index (κ1) is 25.0. The summed E-state index contributed by atoms with van der Waals surface area (Å²) in [5, 5.41) is 9.30. The quantitative estimate of drug-likeness (QED) is 0.300. The van der Waals surface area contributed by atoms with Crippen LogP contribution in [0.5, 0.6) is 0 Å². The van der Waals surface area contributed by atoms with Gasteiger partial charge in [0.1, 0.15) is 0 Å². The van der Waals surface area contributed by atoms with Gasteiger partial charge < -0.3 is 9.36 Å². The molecule has 4 heterocycles. The number of hydrogen-bond donors (Lipinski definition) is 0. The molecule has 4 aromatic heterocycles. The van der Waals surface area contributed by atoms with Crippen molar-refractivity contribution >= 4 is 0 Å². The monoisotopic (exact) mass is 621 g/mol. The van der Waals surface area contributed by atoms with Crippen molar-refractivity contribution in [2.75, 3.05) is 0 Å². The molecule has 0 amide bonds. The number of pyridine rings is 2. The van der Waals surface area contributed by atoms with E-state index in [2.05, 4.69) is 64.1 Å². The van der Waals surface area contributed by atoms with Crippen LogP contribution in [0.25, 0.3) is 11.6 Å². The Morgan fingerprint density at radius 2 is 1.06 bits per heavy atom. The van der Waals surface area contributed by atoms with Crippen molar-refractivity contribution in [3.05, 3.63) is 83.7 Å². The molecular formula is C26H30N6Pt. The topological polar surface area (TPSA) is 61.4 Å². The van der Waals surface area contributed by atoms with Gasteiger partial charge in [-0.3, -0.25) is 20.2 Å². The van der Waals surface area contributed by atoms with Crippen molar-refractivity contribution in [3.63, 3.8) is 0 Å². The first-order valence-corrected chi connectivity index (χ1v) is 11.0. The van der Waals surface area contributed by atoms with Crippen LogP contribution in [0.2, 0.25) is 0 Å². The Bertz CT molecular complexity index is 1110. The summed E-state index contributed by atoms with van der Waals surface area (Å²) >= 11 is 0. The van der Waals surface area contributed by atoms with E-state index in [1.807, 2.05) is 48.5 Å². The third-order valence-electron chi connectivity index (χ3n) is 5.25. The molecule has 0 bridgehead atoms. The molecule has 0 aliphatic rings. The van der Waals surface area contributed by atoms with Gasteiger partial charge in [-0.05, 0) is 47.2 Å². The minimum atomic E-state index is -0.0182. The Morgan fingerprint density at radius 3 is 1.39 bits per heavy atom. The van der Waals surface area contributed by atoms with Crippen LogP contribution in [0, 0.1) is 12.4 Å². The Morgan fingerprint density at radius 1 is 0.667 bits per heavy atom. The zero-order chi connectivity index (χ0) is 22.9. The number of rotatable bonds is 5. The van der Waals surface area contributed by atoms with Crippen molar-refractivity contribution in [3.8, 4) is 11.6 Å². The summed E-state index contributed by atoms with van der Waals surface area (Å²) in [6.07, 6.45) is 7.94. The third-order valence-corrected chi connectivity index (χ3v) is 5.25. The summed E-state index contributed by atoms with van der Waals surface area (Å²) in [5.41, 5.74) is 3.95. The van der Waals surface area contributed by atoms with E-state index >= 15 is 0 Å². The molecule has 174 valence electrons. The van der Waals surface area contributed by atoms with Crippen LogP contribution >= 0.6 is 0 Å². The van der Waals surface area contributed by atoms with Gasteiger partial charge in [0.2, 0.25) is 0 Å².